The molecule has 0 N–H and O–H groups in total. The molecule has 2 heterocycles. The van der Waals surface area contributed by atoms with Gasteiger partial charge in [0.05, 0.1) is 19.5 Å². The maximum Gasteiger partial charge on any atom is 0.144 e. The molecule has 2 aromatic heterocycles. The highest BCUT2D eigenvalue weighted by Gasteiger charge is 2.02. The van der Waals surface area contributed by atoms with Gasteiger partial charge >= 0.3 is 0 Å². The highest BCUT2D eigenvalue weighted by molar-refractivity contribution is 5.45. The van der Waals surface area contributed by atoms with Crippen LogP contribution >= 0.6 is 0 Å². The molecule has 4 heteroatoms. The molecule has 0 amide bonds. The molecule has 64 valence electrons. The van der Waals surface area contributed by atoms with E-state index >= 15 is 0 Å². The standard InChI is InChI=1S/C9H7N3O/c1-13-8-2-3-9-11-5-7(4-10)12(9)6-8/h2-3,5-6H,1H3. The van der Waals surface area contributed by atoms with Crippen LogP contribution in [0.4, 0.5) is 0 Å². The van der Waals surface area contributed by atoms with E-state index in [0.29, 0.717) is 11.4 Å². The SMILES string of the molecule is COc1ccc2ncc(C#N)n2c1. The minimum atomic E-state index is 0.508. The number of aromatic nitrogens is 2. The second-order valence-electron chi connectivity index (χ2n) is 2.55. The lowest BCUT2D eigenvalue weighted by Crippen LogP contribution is -1.90. The Kier molecular flexibility index (Phi) is 1.64. The van der Waals surface area contributed by atoms with Crippen LogP contribution in [-0.2, 0) is 0 Å². The summed E-state index contributed by atoms with van der Waals surface area (Å²) in [4.78, 5) is 4.05. The number of nitrogens with zero attached hydrogens (tertiary/aromatic N) is 3. The van der Waals surface area contributed by atoms with E-state index in [1.54, 1.807) is 23.8 Å². The van der Waals surface area contributed by atoms with E-state index in [2.05, 4.69) is 4.98 Å². The number of pyridine rings is 1. The van der Waals surface area contributed by atoms with Crippen molar-refractivity contribution in [2.75, 3.05) is 7.11 Å². The quantitative estimate of drug-likeness (QED) is 0.651. The second-order valence-corrected chi connectivity index (χ2v) is 2.55. The summed E-state index contributed by atoms with van der Waals surface area (Å²) in [6.07, 6.45) is 3.27. The maximum absolute atomic E-state index is 8.74. The lowest BCUT2D eigenvalue weighted by atomic mass is 10.4. The zero-order chi connectivity index (χ0) is 9.26. The Hall–Kier alpha value is -2.02. The monoisotopic (exact) mass is 173 g/mol. The highest BCUT2D eigenvalue weighted by atomic mass is 16.5. The third kappa shape index (κ3) is 1.11. The largest absolute Gasteiger partial charge is 0.495 e. The second kappa shape index (κ2) is 2.79. The van der Waals surface area contributed by atoms with Gasteiger partial charge < -0.3 is 4.74 Å². The van der Waals surface area contributed by atoms with Gasteiger partial charge in [0, 0.05) is 0 Å². The number of hydrogen-bond donors (Lipinski definition) is 0. The highest BCUT2D eigenvalue weighted by Crippen LogP contribution is 2.13. The first kappa shape index (κ1) is 7.62. The van der Waals surface area contributed by atoms with E-state index in [-0.39, 0.29) is 0 Å². The molecule has 0 unspecified atom stereocenters. The predicted octanol–water partition coefficient (Wildman–Crippen LogP) is 1.21. The molecular formula is C9H7N3O. The van der Waals surface area contributed by atoms with Gasteiger partial charge in [-0.05, 0) is 12.1 Å². The molecule has 0 saturated heterocycles. The molecule has 0 bridgehead atoms. The van der Waals surface area contributed by atoms with E-state index in [4.69, 9.17) is 10.00 Å². The van der Waals surface area contributed by atoms with Crippen LogP contribution in [-0.4, -0.2) is 16.5 Å². The smallest absolute Gasteiger partial charge is 0.144 e. The molecule has 0 aliphatic rings. The molecule has 0 aliphatic heterocycles. The van der Waals surface area contributed by atoms with Crippen molar-refractivity contribution in [3.8, 4) is 11.8 Å². The number of methoxy groups -OCH3 is 1. The number of nitriles is 1. The van der Waals surface area contributed by atoms with Gasteiger partial charge in [-0.1, -0.05) is 0 Å². The molecule has 2 aromatic rings. The Morgan fingerprint density at radius 3 is 3.08 bits per heavy atom. The Morgan fingerprint density at radius 1 is 1.54 bits per heavy atom. The predicted molar refractivity (Wildman–Crippen MR) is 46.5 cm³/mol. The molecular weight excluding hydrogens is 166 g/mol. The van der Waals surface area contributed by atoms with Crippen LogP contribution < -0.4 is 4.74 Å². The number of rotatable bonds is 1. The summed E-state index contributed by atoms with van der Waals surface area (Å²) < 4.78 is 6.73. The van der Waals surface area contributed by atoms with Crippen molar-refractivity contribution in [2.24, 2.45) is 0 Å². The van der Waals surface area contributed by atoms with Gasteiger partial charge in [0.2, 0.25) is 0 Å². The van der Waals surface area contributed by atoms with Crippen LogP contribution in [0.5, 0.6) is 5.75 Å². The zero-order valence-electron chi connectivity index (χ0n) is 7.06. The molecule has 0 atom stereocenters. The van der Waals surface area contributed by atoms with Crippen LogP contribution in [0.25, 0.3) is 5.65 Å². The van der Waals surface area contributed by atoms with Gasteiger partial charge in [-0.3, -0.25) is 4.40 Å². The molecule has 13 heavy (non-hydrogen) atoms. The number of fused-ring (bicyclic) bond motifs is 1. The van der Waals surface area contributed by atoms with E-state index in [1.807, 2.05) is 12.1 Å². The Morgan fingerprint density at radius 2 is 2.38 bits per heavy atom. The topological polar surface area (TPSA) is 50.3 Å². The fraction of sp³-hybridized carbons (Fsp3) is 0.111. The normalized spacial score (nSPS) is 9.85. The summed E-state index contributed by atoms with van der Waals surface area (Å²) in [5.41, 5.74) is 1.26. The molecule has 0 spiro atoms. The average Bonchev–Trinajstić information content (AvgIpc) is 2.59. The average molecular weight is 173 g/mol. The molecule has 0 radical (unpaired) electrons. The van der Waals surface area contributed by atoms with E-state index in [0.717, 1.165) is 5.65 Å². The van der Waals surface area contributed by atoms with Crippen molar-refractivity contribution in [1.82, 2.24) is 9.38 Å². The van der Waals surface area contributed by atoms with E-state index in [1.165, 1.54) is 6.20 Å². The van der Waals surface area contributed by atoms with E-state index < -0.39 is 0 Å². The lowest BCUT2D eigenvalue weighted by molar-refractivity contribution is 0.412. The Labute approximate surface area is 75.0 Å². The first-order valence-corrected chi connectivity index (χ1v) is 3.76. The van der Waals surface area contributed by atoms with Crippen LogP contribution in [0.1, 0.15) is 5.69 Å². The van der Waals surface area contributed by atoms with Crippen molar-refractivity contribution in [3.63, 3.8) is 0 Å². The third-order valence-electron chi connectivity index (χ3n) is 1.83. The summed E-state index contributed by atoms with van der Waals surface area (Å²) in [6, 6.07) is 5.66. The lowest BCUT2D eigenvalue weighted by Gasteiger charge is -1.99. The molecule has 0 aliphatic carbocycles. The fourth-order valence-electron chi connectivity index (χ4n) is 1.16. The Bertz CT molecular complexity index is 481. The molecule has 4 nitrogen and oxygen atoms in total. The van der Waals surface area contributed by atoms with Crippen molar-refractivity contribution < 1.29 is 4.74 Å². The minimum absolute atomic E-state index is 0.508. The molecule has 0 aromatic carbocycles. The van der Waals surface area contributed by atoms with Crippen LogP contribution in [0, 0.1) is 11.3 Å². The minimum Gasteiger partial charge on any atom is -0.495 e. The van der Waals surface area contributed by atoms with Gasteiger partial charge in [0.25, 0.3) is 0 Å². The summed E-state index contributed by atoms with van der Waals surface area (Å²) in [5.74, 6) is 0.710. The number of ether oxygens (including phenoxy) is 1. The van der Waals surface area contributed by atoms with Gasteiger partial charge in [-0.2, -0.15) is 5.26 Å². The number of imidazole rings is 1. The van der Waals surface area contributed by atoms with Gasteiger partial charge in [0.1, 0.15) is 23.2 Å². The van der Waals surface area contributed by atoms with Crippen molar-refractivity contribution in [1.29, 1.82) is 5.26 Å². The van der Waals surface area contributed by atoms with Gasteiger partial charge in [-0.15, -0.1) is 0 Å². The molecule has 2 rings (SSSR count). The summed E-state index contributed by atoms with van der Waals surface area (Å²) in [7, 11) is 1.59. The van der Waals surface area contributed by atoms with E-state index in [9.17, 15) is 0 Å². The van der Waals surface area contributed by atoms with Crippen molar-refractivity contribution in [3.05, 3.63) is 30.2 Å². The summed E-state index contributed by atoms with van der Waals surface area (Å²) >= 11 is 0. The first-order valence-electron chi connectivity index (χ1n) is 3.76. The maximum atomic E-state index is 8.74. The van der Waals surface area contributed by atoms with Crippen LogP contribution in [0.2, 0.25) is 0 Å². The summed E-state index contributed by atoms with van der Waals surface area (Å²) in [6.45, 7) is 0. The molecule has 0 fully saturated rings. The van der Waals surface area contributed by atoms with Gasteiger partial charge in [0.15, 0.2) is 0 Å². The third-order valence-corrected chi connectivity index (χ3v) is 1.83. The number of hydrogen-bond acceptors (Lipinski definition) is 3. The van der Waals surface area contributed by atoms with Crippen LogP contribution in [0.15, 0.2) is 24.5 Å². The Balaban J connectivity index is 2.73. The first-order chi connectivity index (χ1) is 6.35. The zero-order valence-corrected chi connectivity index (χ0v) is 7.06. The van der Waals surface area contributed by atoms with Crippen molar-refractivity contribution >= 4 is 5.65 Å². The van der Waals surface area contributed by atoms with Crippen molar-refractivity contribution in [2.45, 2.75) is 0 Å². The molecule has 0 saturated carbocycles. The fourth-order valence-corrected chi connectivity index (χ4v) is 1.16. The van der Waals surface area contributed by atoms with Crippen LogP contribution in [0.3, 0.4) is 0 Å². The van der Waals surface area contributed by atoms with Gasteiger partial charge in [-0.25, -0.2) is 4.98 Å². The summed E-state index contributed by atoms with van der Waals surface area (Å²) in [5, 5.41) is 8.74.